The number of hydrogen-bond acceptors (Lipinski definition) is 5. The van der Waals surface area contributed by atoms with E-state index in [1.807, 2.05) is 0 Å². The predicted molar refractivity (Wildman–Crippen MR) is 81.0 cm³/mol. The van der Waals surface area contributed by atoms with Gasteiger partial charge < -0.3 is 20.5 Å². The summed E-state index contributed by atoms with van der Waals surface area (Å²) in [6.07, 6.45) is 3.80. The summed E-state index contributed by atoms with van der Waals surface area (Å²) in [5.41, 5.74) is 5.45. The SMILES string of the molecule is COCCN1CCCC1CNC(=O)C1(CN)CCOCC1. The fraction of sp³-hybridized carbons (Fsp3) is 0.933. The summed E-state index contributed by atoms with van der Waals surface area (Å²) in [6.45, 7) is 5.16. The normalized spacial score (nSPS) is 25.9. The molecule has 2 heterocycles. The number of carbonyl (C=O) groups is 1. The maximum Gasteiger partial charge on any atom is 0.227 e. The van der Waals surface area contributed by atoms with Crippen molar-refractivity contribution in [1.82, 2.24) is 10.2 Å². The van der Waals surface area contributed by atoms with Crippen molar-refractivity contribution < 1.29 is 14.3 Å². The Kier molecular flexibility index (Phi) is 6.41. The van der Waals surface area contributed by atoms with Gasteiger partial charge in [-0.05, 0) is 32.2 Å². The number of nitrogens with two attached hydrogens (primary N) is 1. The van der Waals surface area contributed by atoms with Gasteiger partial charge in [0.2, 0.25) is 5.91 Å². The van der Waals surface area contributed by atoms with E-state index in [0.717, 1.165) is 39.0 Å². The molecule has 21 heavy (non-hydrogen) atoms. The van der Waals surface area contributed by atoms with Crippen LogP contribution in [0.3, 0.4) is 0 Å². The van der Waals surface area contributed by atoms with Crippen molar-refractivity contribution in [1.29, 1.82) is 0 Å². The first-order valence-electron chi connectivity index (χ1n) is 8.01. The van der Waals surface area contributed by atoms with Crippen LogP contribution in [0.5, 0.6) is 0 Å². The van der Waals surface area contributed by atoms with Crippen molar-refractivity contribution in [3.8, 4) is 0 Å². The molecular weight excluding hydrogens is 270 g/mol. The summed E-state index contributed by atoms with van der Waals surface area (Å²) in [7, 11) is 1.73. The first kappa shape index (κ1) is 16.7. The minimum atomic E-state index is -0.422. The van der Waals surface area contributed by atoms with Gasteiger partial charge in [0.05, 0.1) is 12.0 Å². The van der Waals surface area contributed by atoms with Crippen LogP contribution >= 0.6 is 0 Å². The molecule has 3 N–H and O–H groups in total. The van der Waals surface area contributed by atoms with Gasteiger partial charge in [0, 0.05) is 46.0 Å². The number of ether oxygens (including phenoxy) is 2. The Morgan fingerprint density at radius 3 is 2.90 bits per heavy atom. The van der Waals surface area contributed by atoms with Crippen LogP contribution in [-0.4, -0.2) is 70.0 Å². The minimum absolute atomic E-state index is 0.104. The van der Waals surface area contributed by atoms with E-state index < -0.39 is 5.41 Å². The lowest BCUT2D eigenvalue weighted by Crippen LogP contribution is -2.51. The number of likely N-dealkylation sites (tertiary alicyclic amines) is 1. The molecular formula is C15H29N3O3. The van der Waals surface area contributed by atoms with Gasteiger partial charge in [0.25, 0.3) is 0 Å². The summed E-state index contributed by atoms with van der Waals surface area (Å²) < 4.78 is 10.5. The van der Waals surface area contributed by atoms with E-state index in [0.29, 0.717) is 32.3 Å². The monoisotopic (exact) mass is 299 g/mol. The van der Waals surface area contributed by atoms with E-state index in [-0.39, 0.29) is 5.91 Å². The van der Waals surface area contributed by atoms with Crippen LogP contribution in [0.1, 0.15) is 25.7 Å². The number of rotatable bonds is 7. The van der Waals surface area contributed by atoms with Crippen molar-refractivity contribution in [3.05, 3.63) is 0 Å². The second-order valence-electron chi connectivity index (χ2n) is 6.13. The van der Waals surface area contributed by atoms with Crippen LogP contribution < -0.4 is 11.1 Å². The molecule has 122 valence electrons. The van der Waals surface area contributed by atoms with E-state index in [9.17, 15) is 4.79 Å². The highest BCUT2D eigenvalue weighted by molar-refractivity contribution is 5.83. The summed E-state index contributed by atoms with van der Waals surface area (Å²) in [5, 5.41) is 3.14. The molecule has 1 unspecified atom stereocenters. The average Bonchev–Trinajstić information content (AvgIpc) is 2.98. The van der Waals surface area contributed by atoms with Crippen molar-refractivity contribution in [2.45, 2.75) is 31.7 Å². The smallest absolute Gasteiger partial charge is 0.227 e. The third-order valence-electron chi connectivity index (χ3n) is 4.90. The number of hydrogen-bond donors (Lipinski definition) is 2. The molecule has 2 aliphatic heterocycles. The number of carbonyl (C=O) groups excluding carboxylic acids is 1. The van der Waals surface area contributed by atoms with Gasteiger partial charge in [0.15, 0.2) is 0 Å². The molecule has 1 amide bonds. The molecule has 6 heteroatoms. The lowest BCUT2D eigenvalue weighted by molar-refractivity contribution is -0.136. The Morgan fingerprint density at radius 2 is 2.24 bits per heavy atom. The first-order valence-corrected chi connectivity index (χ1v) is 8.01. The van der Waals surface area contributed by atoms with E-state index in [1.165, 1.54) is 6.42 Å². The Bertz CT molecular complexity index is 332. The van der Waals surface area contributed by atoms with Crippen molar-refractivity contribution in [3.63, 3.8) is 0 Å². The van der Waals surface area contributed by atoms with Crippen LogP contribution in [0.2, 0.25) is 0 Å². The Hall–Kier alpha value is -0.690. The van der Waals surface area contributed by atoms with Gasteiger partial charge in [-0.1, -0.05) is 0 Å². The molecule has 2 saturated heterocycles. The van der Waals surface area contributed by atoms with Crippen molar-refractivity contribution in [2.75, 3.05) is 53.1 Å². The first-order chi connectivity index (χ1) is 10.2. The standard InChI is InChI=1S/C15H29N3O3/c1-20-10-7-18-6-2-3-13(18)11-17-14(19)15(12-16)4-8-21-9-5-15/h13H,2-12,16H2,1H3,(H,17,19). The molecule has 0 aliphatic carbocycles. The number of nitrogens with zero attached hydrogens (tertiary/aromatic N) is 1. The highest BCUT2D eigenvalue weighted by atomic mass is 16.5. The highest BCUT2D eigenvalue weighted by Crippen LogP contribution is 2.29. The Labute approximate surface area is 127 Å². The molecule has 2 fully saturated rings. The molecule has 0 radical (unpaired) electrons. The van der Waals surface area contributed by atoms with Crippen LogP contribution in [0, 0.1) is 5.41 Å². The molecule has 6 nitrogen and oxygen atoms in total. The molecule has 0 aromatic carbocycles. The molecule has 2 rings (SSSR count). The van der Waals surface area contributed by atoms with Crippen LogP contribution in [-0.2, 0) is 14.3 Å². The third kappa shape index (κ3) is 4.16. The fourth-order valence-corrected chi connectivity index (χ4v) is 3.31. The topological polar surface area (TPSA) is 76.8 Å². The largest absolute Gasteiger partial charge is 0.383 e. The van der Waals surface area contributed by atoms with Crippen LogP contribution in [0.15, 0.2) is 0 Å². The minimum Gasteiger partial charge on any atom is -0.383 e. The summed E-state index contributed by atoms with van der Waals surface area (Å²) >= 11 is 0. The molecule has 1 atom stereocenters. The Balaban J connectivity index is 1.82. The number of amides is 1. The van der Waals surface area contributed by atoms with Gasteiger partial charge in [-0.2, -0.15) is 0 Å². The summed E-state index contributed by atoms with van der Waals surface area (Å²) in [6, 6.07) is 0.429. The Morgan fingerprint density at radius 1 is 1.48 bits per heavy atom. The lowest BCUT2D eigenvalue weighted by atomic mass is 9.79. The summed E-state index contributed by atoms with van der Waals surface area (Å²) in [5.74, 6) is 0.104. The van der Waals surface area contributed by atoms with E-state index in [4.69, 9.17) is 15.2 Å². The average molecular weight is 299 g/mol. The van der Waals surface area contributed by atoms with Crippen molar-refractivity contribution >= 4 is 5.91 Å². The highest BCUT2D eigenvalue weighted by Gasteiger charge is 2.39. The zero-order valence-corrected chi connectivity index (χ0v) is 13.1. The van der Waals surface area contributed by atoms with E-state index in [1.54, 1.807) is 7.11 Å². The fourth-order valence-electron chi connectivity index (χ4n) is 3.31. The third-order valence-corrected chi connectivity index (χ3v) is 4.90. The quantitative estimate of drug-likeness (QED) is 0.690. The second-order valence-corrected chi connectivity index (χ2v) is 6.13. The van der Waals surface area contributed by atoms with E-state index >= 15 is 0 Å². The zero-order valence-electron chi connectivity index (χ0n) is 13.1. The predicted octanol–water partition coefficient (Wildman–Crippen LogP) is -0.0311. The van der Waals surface area contributed by atoms with Gasteiger partial charge in [0.1, 0.15) is 0 Å². The van der Waals surface area contributed by atoms with Crippen LogP contribution in [0.25, 0.3) is 0 Å². The summed E-state index contributed by atoms with van der Waals surface area (Å²) in [4.78, 5) is 14.9. The van der Waals surface area contributed by atoms with Gasteiger partial charge in [-0.25, -0.2) is 0 Å². The zero-order chi connectivity index (χ0) is 15.1. The molecule has 0 aromatic rings. The van der Waals surface area contributed by atoms with Gasteiger partial charge in [-0.15, -0.1) is 0 Å². The molecule has 0 saturated carbocycles. The lowest BCUT2D eigenvalue weighted by Gasteiger charge is -2.35. The maximum atomic E-state index is 12.5. The maximum absolute atomic E-state index is 12.5. The molecule has 0 spiro atoms. The van der Waals surface area contributed by atoms with Gasteiger partial charge in [-0.3, -0.25) is 9.69 Å². The van der Waals surface area contributed by atoms with Gasteiger partial charge >= 0.3 is 0 Å². The second kappa shape index (κ2) is 8.08. The van der Waals surface area contributed by atoms with Crippen molar-refractivity contribution in [2.24, 2.45) is 11.1 Å². The molecule has 0 bridgehead atoms. The number of nitrogens with one attached hydrogen (secondary N) is 1. The van der Waals surface area contributed by atoms with Crippen LogP contribution in [0.4, 0.5) is 0 Å². The number of methoxy groups -OCH3 is 1. The van der Waals surface area contributed by atoms with E-state index in [2.05, 4.69) is 10.2 Å². The molecule has 0 aromatic heterocycles. The molecule has 2 aliphatic rings.